The fourth-order valence-corrected chi connectivity index (χ4v) is 1.94. The topological polar surface area (TPSA) is 75.7 Å². The minimum atomic E-state index is -0.318. The van der Waals surface area contributed by atoms with Gasteiger partial charge in [0.2, 0.25) is 0 Å². The third kappa shape index (κ3) is 4.67. The van der Waals surface area contributed by atoms with Gasteiger partial charge in [-0.25, -0.2) is 0 Å². The number of carbonyl (C=O) groups excluding carboxylic acids is 3. The zero-order chi connectivity index (χ0) is 17.5. The molecule has 0 unspecified atom stereocenters. The first-order valence-corrected chi connectivity index (χ1v) is 7.29. The molecule has 0 aliphatic carbocycles. The van der Waals surface area contributed by atoms with Crippen molar-refractivity contribution in [3.05, 3.63) is 59.7 Å². The summed E-state index contributed by atoms with van der Waals surface area (Å²) in [7, 11) is 3.36. The van der Waals surface area contributed by atoms with E-state index < -0.39 is 0 Å². The molecule has 0 fully saturated rings. The second-order valence-electron chi connectivity index (χ2n) is 5.30. The van der Waals surface area contributed by atoms with E-state index in [0.29, 0.717) is 22.6 Å². The maximum Gasteiger partial charge on any atom is 0.262 e. The molecular formula is C18H18N2O4. The lowest BCUT2D eigenvalue weighted by Gasteiger charge is -2.11. The van der Waals surface area contributed by atoms with E-state index in [0.717, 1.165) is 6.29 Å². The summed E-state index contributed by atoms with van der Waals surface area (Å²) < 4.78 is 5.34. The predicted molar refractivity (Wildman–Crippen MR) is 90.4 cm³/mol. The highest BCUT2D eigenvalue weighted by Gasteiger charge is 2.08. The molecule has 0 saturated heterocycles. The van der Waals surface area contributed by atoms with Crippen LogP contribution in [0, 0.1) is 0 Å². The summed E-state index contributed by atoms with van der Waals surface area (Å²) in [4.78, 5) is 35.7. The second kappa shape index (κ2) is 7.92. The van der Waals surface area contributed by atoms with E-state index in [4.69, 9.17) is 4.74 Å². The van der Waals surface area contributed by atoms with Gasteiger partial charge in [-0.05, 0) is 48.5 Å². The van der Waals surface area contributed by atoms with Crippen molar-refractivity contribution in [2.24, 2.45) is 0 Å². The Morgan fingerprint density at radius 2 is 1.67 bits per heavy atom. The van der Waals surface area contributed by atoms with E-state index in [1.807, 2.05) is 0 Å². The smallest absolute Gasteiger partial charge is 0.262 e. The number of ether oxygens (including phenoxy) is 1. The van der Waals surface area contributed by atoms with Crippen LogP contribution in [0.15, 0.2) is 48.5 Å². The number of carbonyl (C=O) groups is 3. The van der Waals surface area contributed by atoms with E-state index in [9.17, 15) is 14.4 Å². The third-order valence-corrected chi connectivity index (χ3v) is 3.21. The molecule has 0 bridgehead atoms. The summed E-state index contributed by atoms with van der Waals surface area (Å²) >= 11 is 0. The lowest BCUT2D eigenvalue weighted by Crippen LogP contribution is -2.22. The Hall–Kier alpha value is -3.15. The molecule has 124 valence electrons. The quantitative estimate of drug-likeness (QED) is 0.826. The zero-order valence-corrected chi connectivity index (χ0v) is 13.5. The maximum absolute atomic E-state index is 11.9. The number of hydrogen-bond donors (Lipinski definition) is 1. The summed E-state index contributed by atoms with van der Waals surface area (Å²) in [6.45, 7) is -0.154. The van der Waals surface area contributed by atoms with Crippen LogP contribution in [0.2, 0.25) is 0 Å². The number of amides is 2. The Kier molecular flexibility index (Phi) is 5.68. The summed E-state index contributed by atoms with van der Waals surface area (Å²) in [6.07, 6.45) is 0.737. The molecule has 0 saturated carbocycles. The van der Waals surface area contributed by atoms with Crippen LogP contribution in [0.3, 0.4) is 0 Å². The van der Waals surface area contributed by atoms with Crippen molar-refractivity contribution < 1.29 is 19.1 Å². The molecule has 0 heterocycles. The summed E-state index contributed by atoms with van der Waals surface area (Å²) in [5.74, 6) is 0.0822. The van der Waals surface area contributed by atoms with Gasteiger partial charge in [-0.15, -0.1) is 0 Å². The number of anilines is 1. The second-order valence-corrected chi connectivity index (χ2v) is 5.30. The van der Waals surface area contributed by atoms with Crippen molar-refractivity contribution in [1.29, 1.82) is 0 Å². The number of nitrogens with one attached hydrogen (secondary N) is 1. The van der Waals surface area contributed by atoms with Gasteiger partial charge >= 0.3 is 0 Å². The lowest BCUT2D eigenvalue weighted by atomic mass is 10.2. The largest absolute Gasteiger partial charge is 0.484 e. The van der Waals surface area contributed by atoms with E-state index in [2.05, 4.69) is 5.32 Å². The number of aldehydes is 1. The van der Waals surface area contributed by atoms with E-state index in [1.54, 1.807) is 62.6 Å². The average Bonchev–Trinajstić information content (AvgIpc) is 2.60. The Balaban J connectivity index is 1.87. The number of rotatable bonds is 6. The predicted octanol–water partition coefficient (Wildman–Crippen LogP) is 2.22. The van der Waals surface area contributed by atoms with Crippen molar-refractivity contribution in [1.82, 2.24) is 4.90 Å². The van der Waals surface area contributed by atoms with Crippen LogP contribution in [0.25, 0.3) is 0 Å². The standard InChI is InChI=1S/C18H18N2O4/c1-20(2)18(23)14-5-7-15(8-6-14)19-17(22)12-24-16-9-3-13(11-21)4-10-16/h3-11H,12H2,1-2H3,(H,19,22). The number of hydrogen-bond acceptors (Lipinski definition) is 4. The molecule has 24 heavy (non-hydrogen) atoms. The van der Waals surface area contributed by atoms with Crippen LogP contribution in [0.1, 0.15) is 20.7 Å². The van der Waals surface area contributed by atoms with Gasteiger partial charge in [0.15, 0.2) is 6.61 Å². The highest BCUT2D eigenvalue weighted by atomic mass is 16.5. The Morgan fingerprint density at radius 3 is 2.21 bits per heavy atom. The molecule has 0 aliphatic rings. The third-order valence-electron chi connectivity index (χ3n) is 3.21. The summed E-state index contributed by atoms with van der Waals surface area (Å²) in [5.41, 5.74) is 1.67. The molecule has 0 aromatic heterocycles. The van der Waals surface area contributed by atoms with Crippen LogP contribution in [0.4, 0.5) is 5.69 Å². The first-order valence-electron chi connectivity index (χ1n) is 7.29. The van der Waals surface area contributed by atoms with Crippen LogP contribution < -0.4 is 10.1 Å². The van der Waals surface area contributed by atoms with Gasteiger partial charge in [0.25, 0.3) is 11.8 Å². The maximum atomic E-state index is 11.9. The molecule has 0 radical (unpaired) electrons. The molecule has 2 aromatic rings. The molecular weight excluding hydrogens is 308 g/mol. The van der Waals surface area contributed by atoms with Gasteiger partial charge < -0.3 is 15.0 Å². The molecule has 2 rings (SSSR count). The highest BCUT2D eigenvalue weighted by molar-refractivity contribution is 5.95. The van der Waals surface area contributed by atoms with Gasteiger partial charge in [0.1, 0.15) is 12.0 Å². The normalized spacial score (nSPS) is 9.92. The fourth-order valence-electron chi connectivity index (χ4n) is 1.94. The van der Waals surface area contributed by atoms with Crippen molar-refractivity contribution in [3.8, 4) is 5.75 Å². The van der Waals surface area contributed by atoms with Crippen molar-refractivity contribution in [2.75, 3.05) is 26.0 Å². The molecule has 2 amide bonds. The number of benzene rings is 2. The highest BCUT2D eigenvalue weighted by Crippen LogP contribution is 2.13. The van der Waals surface area contributed by atoms with Gasteiger partial charge in [-0.1, -0.05) is 0 Å². The van der Waals surface area contributed by atoms with Crippen molar-refractivity contribution >= 4 is 23.8 Å². The summed E-state index contributed by atoms with van der Waals surface area (Å²) in [6, 6.07) is 13.1. The van der Waals surface area contributed by atoms with Crippen LogP contribution in [-0.2, 0) is 4.79 Å². The number of nitrogens with zero attached hydrogens (tertiary/aromatic N) is 1. The van der Waals surface area contributed by atoms with Gasteiger partial charge in [0, 0.05) is 30.9 Å². The zero-order valence-electron chi connectivity index (χ0n) is 13.5. The van der Waals surface area contributed by atoms with E-state index in [1.165, 1.54) is 4.90 Å². The van der Waals surface area contributed by atoms with Crippen molar-refractivity contribution in [3.63, 3.8) is 0 Å². The minimum absolute atomic E-state index is 0.102. The Morgan fingerprint density at radius 1 is 1.04 bits per heavy atom. The minimum Gasteiger partial charge on any atom is -0.484 e. The molecule has 6 heteroatoms. The molecule has 1 N–H and O–H groups in total. The van der Waals surface area contributed by atoms with Gasteiger partial charge in [-0.3, -0.25) is 14.4 Å². The fraction of sp³-hybridized carbons (Fsp3) is 0.167. The first-order chi connectivity index (χ1) is 11.5. The van der Waals surface area contributed by atoms with E-state index >= 15 is 0 Å². The van der Waals surface area contributed by atoms with E-state index in [-0.39, 0.29) is 18.4 Å². The lowest BCUT2D eigenvalue weighted by molar-refractivity contribution is -0.118. The SMILES string of the molecule is CN(C)C(=O)c1ccc(NC(=O)COc2ccc(C=O)cc2)cc1. The van der Waals surface area contributed by atoms with Gasteiger partial charge in [-0.2, -0.15) is 0 Å². The van der Waals surface area contributed by atoms with Crippen molar-refractivity contribution in [2.45, 2.75) is 0 Å². The molecule has 0 atom stereocenters. The van der Waals surface area contributed by atoms with Crippen LogP contribution >= 0.6 is 0 Å². The van der Waals surface area contributed by atoms with Gasteiger partial charge in [0.05, 0.1) is 0 Å². The molecule has 2 aromatic carbocycles. The first kappa shape index (κ1) is 17.2. The Labute approximate surface area is 140 Å². The van der Waals surface area contributed by atoms with Crippen LogP contribution in [0.5, 0.6) is 5.75 Å². The average molecular weight is 326 g/mol. The monoisotopic (exact) mass is 326 g/mol. The summed E-state index contributed by atoms with van der Waals surface area (Å²) in [5, 5.41) is 2.69. The molecule has 0 spiro atoms. The van der Waals surface area contributed by atoms with Crippen LogP contribution in [-0.4, -0.2) is 43.7 Å². The Bertz CT molecular complexity index is 722. The molecule has 6 nitrogen and oxygen atoms in total. The molecule has 0 aliphatic heterocycles.